The largest absolute Gasteiger partial charge is 0.414 e. The number of fused-ring (bicyclic) bond motifs is 5. The van der Waals surface area contributed by atoms with Gasteiger partial charge in [0.2, 0.25) is 0 Å². The standard InChI is InChI=1S/C29H48OSi/c1-10-20(2)24-13-14-25-23-12-11-21-19-22(30-31(8,9)27(3,4)5)15-17-28(21,6)26(23)16-18-29(24,25)7/h11,22-26H,1,12-19H2,2-9H3/t22-,23-,24+,25-,26-,28-,29+/m0/s1. The van der Waals surface area contributed by atoms with Gasteiger partial charge in [0.05, 0.1) is 0 Å². The second-order valence-corrected chi connectivity index (χ2v) is 18.3. The smallest absolute Gasteiger partial charge is 0.192 e. The van der Waals surface area contributed by atoms with Crippen LogP contribution in [0.3, 0.4) is 0 Å². The summed E-state index contributed by atoms with van der Waals surface area (Å²) in [6.45, 7) is 23.5. The van der Waals surface area contributed by atoms with Crippen molar-refractivity contribution in [2.75, 3.05) is 0 Å². The van der Waals surface area contributed by atoms with Gasteiger partial charge in [-0.1, -0.05) is 52.8 Å². The molecule has 31 heavy (non-hydrogen) atoms. The predicted octanol–water partition coefficient (Wildman–Crippen LogP) is 8.69. The highest BCUT2D eigenvalue weighted by atomic mass is 28.4. The summed E-state index contributed by atoms with van der Waals surface area (Å²) >= 11 is 0. The van der Waals surface area contributed by atoms with Crippen molar-refractivity contribution in [3.05, 3.63) is 29.5 Å². The van der Waals surface area contributed by atoms with Gasteiger partial charge in [0.1, 0.15) is 0 Å². The third-order valence-electron chi connectivity index (χ3n) is 11.1. The molecule has 0 aliphatic heterocycles. The molecule has 3 saturated carbocycles. The van der Waals surface area contributed by atoms with Gasteiger partial charge in [0.25, 0.3) is 0 Å². The molecule has 3 fully saturated rings. The maximum absolute atomic E-state index is 6.89. The molecule has 0 N–H and O–H groups in total. The average molecular weight is 441 g/mol. The van der Waals surface area contributed by atoms with Crippen molar-refractivity contribution in [1.29, 1.82) is 0 Å². The molecule has 0 aromatic rings. The Bertz CT molecular complexity index is 794. The summed E-state index contributed by atoms with van der Waals surface area (Å²) in [5.41, 5.74) is 7.33. The maximum Gasteiger partial charge on any atom is 0.192 e. The third-order valence-corrected chi connectivity index (χ3v) is 15.7. The lowest BCUT2D eigenvalue weighted by atomic mass is 9.47. The summed E-state index contributed by atoms with van der Waals surface area (Å²) in [5, 5.41) is 0.296. The van der Waals surface area contributed by atoms with Gasteiger partial charge in [-0.15, -0.1) is 5.73 Å². The van der Waals surface area contributed by atoms with Gasteiger partial charge in [0.15, 0.2) is 8.32 Å². The summed E-state index contributed by atoms with van der Waals surface area (Å²) in [6.07, 6.45) is 13.8. The molecule has 0 radical (unpaired) electrons. The van der Waals surface area contributed by atoms with Crippen molar-refractivity contribution in [1.82, 2.24) is 0 Å². The highest BCUT2D eigenvalue weighted by Crippen LogP contribution is 2.67. The van der Waals surface area contributed by atoms with Gasteiger partial charge >= 0.3 is 0 Å². The van der Waals surface area contributed by atoms with Crippen LogP contribution >= 0.6 is 0 Å². The minimum absolute atomic E-state index is 0.296. The van der Waals surface area contributed by atoms with Gasteiger partial charge in [-0.2, -0.15) is 0 Å². The molecule has 4 aliphatic rings. The zero-order valence-corrected chi connectivity index (χ0v) is 22.7. The Kier molecular flexibility index (Phi) is 5.89. The number of allylic oxidation sites excluding steroid dienone is 2. The third kappa shape index (κ3) is 3.70. The number of hydrogen-bond donors (Lipinski definition) is 0. The minimum Gasteiger partial charge on any atom is -0.414 e. The van der Waals surface area contributed by atoms with Crippen LogP contribution in [0.25, 0.3) is 0 Å². The zero-order valence-electron chi connectivity index (χ0n) is 21.7. The van der Waals surface area contributed by atoms with Crippen molar-refractivity contribution in [2.24, 2.45) is 34.5 Å². The van der Waals surface area contributed by atoms with E-state index in [-0.39, 0.29) is 0 Å². The van der Waals surface area contributed by atoms with E-state index in [1.54, 1.807) is 5.57 Å². The van der Waals surface area contributed by atoms with Crippen LogP contribution in [-0.2, 0) is 4.43 Å². The number of hydrogen-bond acceptors (Lipinski definition) is 1. The van der Waals surface area contributed by atoms with Gasteiger partial charge in [-0.3, -0.25) is 0 Å². The van der Waals surface area contributed by atoms with Gasteiger partial charge in [-0.05, 0) is 116 Å². The molecule has 0 heterocycles. The van der Waals surface area contributed by atoms with E-state index in [0.29, 0.717) is 27.9 Å². The Hall–Kier alpha value is -0.563. The molecule has 4 aliphatic carbocycles. The maximum atomic E-state index is 6.89. The summed E-state index contributed by atoms with van der Waals surface area (Å²) < 4.78 is 6.89. The Balaban J connectivity index is 1.54. The molecule has 0 saturated heterocycles. The van der Waals surface area contributed by atoms with Crippen molar-refractivity contribution in [3.8, 4) is 0 Å². The van der Waals surface area contributed by atoms with E-state index in [4.69, 9.17) is 4.43 Å². The molecule has 0 amide bonds. The summed E-state index contributed by atoms with van der Waals surface area (Å²) in [5.74, 6) is 3.36. The molecule has 2 heteroatoms. The molecule has 1 nitrogen and oxygen atoms in total. The lowest BCUT2D eigenvalue weighted by molar-refractivity contribution is -0.0443. The van der Waals surface area contributed by atoms with Crippen molar-refractivity contribution in [2.45, 2.75) is 117 Å². The van der Waals surface area contributed by atoms with Crippen molar-refractivity contribution in [3.63, 3.8) is 0 Å². The lowest BCUT2D eigenvalue weighted by Crippen LogP contribution is -2.51. The molecule has 0 bridgehead atoms. The van der Waals surface area contributed by atoms with Gasteiger partial charge in [-0.25, -0.2) is 0 Å². The van der Waals surface area contributed by atoms with Crippen molar-refractivity contribution < 1.29 is 4.43 Å². The topological polar surface area (TPSA) is 9.23 Å². The second-order valence-electron chi connectivity index (χ2n) is 13.5. The van der Waals surface area contributed by atoms with E-state index in [0.717, 1.165) is 17.8 Å². The lowest BCUT2D eigenvalue weighted by Gasteiger charge is -2.58. The molecule has 0 unspecified atom stereocenters. The normalized spacial score (nSPS) is 42.7. The summed E-state index contributed by atoms with van der Waals surface area (Å²) in [4.78, 5) is 0. The molecular weight excluding hydrogens is 392 g/mol. The summed E-state index contributed by atoms with van der Waals surface area (Å²) in [7, 11) is -1.70. The molecular formula is C29H48OSi. The highest BCUT2D eigenvalue weighted by Gasteiger charge is 2.59. The van der Waals surface area contributed by atoms with Crippen LogP contribution in [0.15, 0.2) is 29.5 Å². The fourth-order valence-electron chi connectivity index (χ4n) is 8.16. The van der Waals surface area contributed by atoms with Crippen LogP contribution < -0.4 is 0 Å². The van der Waals surface area contributed by atoms with Gasteiger partial charge in [0, 0.05) is 6.10 Å². The first-order valence-electron chi connectivity index (χ1n) is 13.1. The first-order valence-corrected chi connectivity index (χ1v) is 16.0. The molecule has 0 aromatic carbocycles. The van der Waals surface area contributed by atoms with E-state index >= 15 is 0 Å². The van der Waals surface area contributed by atoms with Crippen LogP contribution in [0.2, 0.25) is 18.1 Å². The second kappa shape index (κ2) is 7.75. The molecule has 4 rings (SSSR count). The Labute approximate surface area is 193 Å². The first-order chi connectivity index (χ1) is 14.3. The molecule has 7 atom stereocenters. The molecule has 0 spiro atoms. The number of rotatable bonds is 3. The monoisotopic (exact) mass is 440 g/mol. The fourth-order valence-corrected chi connectivity index (χ4v) is 9.54. The highest BCUT2D eigenvalue weighted by molar-refractivity contribution is 6.74. The Morgan fingerprint density at radius 3 is 2.45 bits per heavy atom. The van der Waals surface area contributed by atoms with E-state index in [9.17, 15) is 0 Å². The zero-order chi connectivity index (χ0) is 22.8. The first kappa shape index (κ1) is 23.6. The van der Waals surface area contributed by atoms with Crippen LogP contribution in [-0.4, -0.2) is 14.4 Å². The SMILES string of the molecule is C=C=C(C)[C@H]1CC[C@H]2[C@@H]3CC=C4C[C@@H](O[Si](C)(C)C(C)(C)C)CC[C@]4(C)[C@H]3CC[C@]12C. The van der Waals surface area contributed by atoms with E-state index in [2.05, 4.69) is 73.0 Å². The predicted molar refractivity (Wildman–Crippen MR) is 136 cm³/mol. The van der Waals surface area contributed by atoms with Crippen LogP contribution in [0.1, 0.15) is 92.9 Å². The molecule has 0 aromatic heterocycles. The van der Waals surface area contributed by atoms with E-state index in [1.807, 2.05) is 0 Å². The van der Waals surface area contributed by atoms with Crippen LogP contribution in [0.4, 0.5) is 0 Å². The summed E-state index contributed by atoms with van der Waals surface area (Å²) in [6, 6.07) is 0. The van der Waals surface area contributed by atoms with E-state index < -0.39 is 8.32 Å². The average Bonchev–Trinajstić information content (AvgIpc) is 3.04. The Morgan fingerprint density at radius 1 is 1.10 bits per heavy atom. The quantitative estimate of drug-likeness (QED) is 0.242. The van der Waals surface area contributed by atoms with E-state index in [1.165, 1.54) is 56.9 Å². The minimum atomic E-state index is -1.70. The van der Waals surface area contributed by atoms with Crippen LogP contribution in [0.5, 0.6) is 0 Å². The fraction of sp³-hybridized carbons (Fsp3) is 0.828. The Morgan fingerprint density at radius 2 is 1.81 bits per heavy atom. The molecule has 174 valence electrons. The van der Waals surface area contributed by atoms with Crippen molar-refractivity contribution >= 4 is 8.32 Å². The van der Waals surface area contributed by atoms with Crippen LogP contribution in [0, 0.1) is 34.5 Å². The van der Waals surface area contributed by atoms with Gasteiger partial charge < -0.3 is 4.43 Å².